The van der Waals surface area contributed by atoms with E-state index >= 15 is 0 Å². The number of likely N-dealkylation sites (tertiary alicyclic amines) is 1. The van der Waals surface area contributed by atoms with Crippen LogP contribution in [0.1, 0.15) is 65.2 Å². The summed E-state index contributed by atoms with van der Waals surface area (Å²) >= 11 is 0. The number of piperidine rings is 2. The van der Waals surface area contributed by atoms with E-state index in [1.807, 2.05) is 0 Å². The summed E-state index contributed by atoms with van der Waals surface area (Å²) in [5.74, 6) is -0.713. The van der Waals surface area contributed by atoms with E-state index in [2.05, 4.69) is 26.4 Å². The van der Waals surface area contributed by atoms with Crippen molar-refractivity contribution in [2.45, 2.75) is 63.9 Å². The lowest BCUT2D eigenvalue weighted by Crippen LogP contribution is -2.50. The molecule has 4 heterocycles. The molecular formula is C31H34F2N4O7S. The van der Waals surface area contributed by atoms with Gasteiger partial charge in [0.15, 0.2) is 11.5 Å². The molecule has 240 valence electrons. The van der Waals surface area contributed by atoms with Crippen LogP contribution >= 0.6 is 0 Å². The smallest absolute Gasteiger partial charge is 0.395 e. The number of halogens is 2. The van der Waals surface area contributed by atoms with E-state index in [0.717, 1.165) is 0 Å². The maximum absolute atomic E-state index is 13.8. The molecule has 2 saturated heterocycles. The molecule has 14 heteroatoms. The van der Waals surface area contributed by atoms with Crippen molar-refractivity contribution in [2.24, 2.45) is 4.99 Å². The fraction of sp³-hybridized carbons (Fsp3) is 0.452. The van der Waals surface area contributed by atoms with Crippen molar-refractivity contribution in [3.63, 3.8) is 0 Å². The number of aryl methyl sites for hydroxylation is 2. The number of carbonyl (C=O) groups is 2. The highest BCUT2D eigenvalue weighted by molar-refractivity contribution is 7.98. The van der Waals surface area contributed by atoms with Crippen molar-refractivity contribution < 1.29 is 41.4 Å². The summed E-state index contributed by atoms with van der Waals surface area (Å²) < 4.78 is 64.6. The molecule has 0 bridgehead atoms. The summed E-state index contributed by atoms with van der Waals surface area (Å²) in [7, 11) is -4.04. The molecule has 1 spiro atoms. The van der Waals surface area contributed by atoms with Crippen molar-refractivity contribution in [3.8, 4) is 11.5 Å². The van der Waals surface area contributed by atoms with E-state index in [-0.39, 0.29) is 54.1 Å². The summed E-state index contributed by atoms with van der Waals surface area (Å²) in [5, 5.41) is 12.9. The van der Waals surface area contributed by atoms with E-state index in [1.165, 1.54) is 22.5 Å². The van der Waals surface area contributed by atoms with Crippen LogP contribution in [0.25, 0.3) is 4.91 Å². The number of aliphatic imine (C=N–C) groups is 1. The van der Waals surface area contributed by atoms with Gasteiger partial charge < -0.3 is 24.8 Å². The van der Waals surface area contributed by atoms with Gasteiger partial charge in [0.2, 0.25) is 10.0 Å². The van der Waals surface area contributed by atoms with Crippen molar-refractivity contribution in [2.75, 3.05) is 26.2 Å². The lowest BCUT2D eigenvalue weighted by atomic mass is 9.89. The van der Waals surface area contributed by atoms with Crippen LogP contribution in [0.5, 0.6) is 11.5 Å². The number of rotatable bonds is 5. The molecule has 0 saturated carbocycles. The quantitative estimate of drug-likeness (QED) is 0.510. The van der Waals surface area contributed by atoms with Crippen LogP contribution in [0.4, 0.5) is 8.78 Å². The van der Waals surface area contributed by atoms with E-state index in [0.29, 0.717) is 53.7 Å². The standard InChI is InChI=1S/C31H34F2N4O7S/c1-18-15-22(27(38)36-11-7-29(4,40)8-12-36)16-19(2)25(18)20(3)45(41,42)37-13-9-30(10-14-37)28(39)34-26(35-30)21-5-6-23-24(17-21)44-31(32,33)43-23/h5-6,15-17,40H,3,7-14H2,1-2,4H3,(H,34,35,39). The van der Waals surface area contributed by atoms with Crippen molar-refractivity contribution in [1.29, 1.82) is 0 Å². The Balaban J connectivity index is 1.16. The fourth-order valence-corrected chi connectivity index (χ4v) is 7.93. The molecule has 2 N–H and O–H groups in total. The zero-order valence-corrected chi connectivity index (χ0v) is 26.0. The van der Waals surface area contributed by atoms with Gasteiger partial charge in [0.25, 0.3) is 11.8 Å². The molecule has 0 atom stereocenters. The van der Waals surface area contributed by atoms with Crippen LogP contribution in [0.15, 0.2) is 41.9 Å². The third-order valence-electron chi connectivity index (χ3n) is 9.04. The van der Waals surface area contributed by atoms with Crippen molar-refractivity contribution >= 4 is 32.6 Å². The van der Waals surface area contributed by atoms with E-state index in [1.54, 1.807) is 37.8 Å². The number of alkyl halides is 2. The first-order chi connectivity index (χ1) is 21.0. The summed E-state index contributed by atoms with van der Waals surface area (Å²) in [5.41, 5.74) is 0.407. The topological polar surface area (TPSA) is 138 Å². The molecule has 45 heavy (non-hydrogen) atoms. The number of aliphatic hydroxyl groups is 1. The predicted molar refractivity (Wildman–Crippen MR) is 160 cm³/mol. The van der Waals surface area contributed by atoms with Gasteiger partial charge in [-0.25, -0.2) is 8.42 Å². The molecule has 0 unspecified atom stereocenters. The van der Waals surface area contributed by atoms with Crippen LogP contribution in [0, 0.1) is 13.8 Å². The Labute approximate surface area is 259 Å². The third-order valence-corrected chi connectivity index (χ3v) is 10.9. The Morgan fingerprint density at radius 3 is 2.22 bits per heavy atom. The second-order valence-corrected chi connectivity index (χ2v) is 14.3. The largest absolute Gasteiger partial charge is 0.586 e. The van der Waals surface area contributed by atoms with E-state index < -0.39 is 33.4 Å². The number of hydrogen-bond acceptors (Lipinski definition) is 8. The Morgan fingerprint density at radius 1 is 1.00 bits per heavy atom. The maximum atomic E-state index is 13.8. The average Bonchev–Trinajstić information content (AvgIpc) is 3.45. The number of carbonyl (C=O) groups excluding carboxylic acids is 2. The van der Waals surface area contributed by atoms with E-state index in [9.17, 15) is 31.9 Å². The first kappa shape index (κ1) is 31.1. The number of hydrogen-bond donors (Lipinski definition) is 2. The number of nitrogens with one attached hydrogen (secondary N) is 1. The molecule has 11 nitrogen and oxygen atoms in total. The second kappa shape index (κ2) is 10.6. The molecule has 2 amide bonds. The van der Waals surface area contributed by atoms with Gasteiger partial charge in [0, 0.05) is 37.3 Å². The zero-order valence-electron chi connectivity index (χ0n) is 25.2. The predicted octanol–water partition coefficient (Wildman–Crippen LogP) is 3.32. The molecule has 0 radical (unpaired) electrons. The molecule has 4 aliphatic rings. The number of nitrogens with zero attached hydrogens (tertiary/aromatic N) is 3. The lowest BCUT2D eigenvalue weighted by Gasteiger charge is -2.36. The Morgan fingerprint density at radius 2 is 1.60 bits per heavy atom. The molecule has 0 aromatic heterocycles. The van der Waals surface area contributed by atoms with Gasteiger partial charge in [-0.3, -0.25) is 14.6 Å². The minimum Gasteiger partial charge on any atom is -0.395 e. The van der Waals surface area contributed by atoms with Gasteiger partial charge in [-0.1, -0.05) is 6.58 Å². The molecule has 4 aliphatic heterocycles. The Kier molecular flexibility index (Phi) is 7.33. The highest BCUT2D eigenvalue weighted by Gasteiger charge is 2.49. The Bertz CT molecular complexity index is 1730. The van der Waals surface area contributed by atoms with Crippen LogP contribution in [0.3, 0.4) is 0 Å². The highest BCUT2D eigenvalue weighted by Crippen LogP contribution is 2.42. The minimum atomic E-state index is -4.04. The van der Waals surface area contributed by atoms with Crippen molar-refractivity contribution in [1.82, 2.24) is 14.5 Å². The zero-order chi connectivity index (χ0) is 32.5. The number of ether oxygens (including phenoxy) is 2. The number of fused-ring (bicyclic) bond motifs is 1. The summed E-state index contributed by atoms with van der Waals surface area (Å²) in [6.45, 7) is 10.0. The first-order valence-electron chi connectivity index (χ1n) is 14.6. The maximum Gasteiger partial charge on any atom is 0.586 e. The Hall–Kier alpha value is -3.88. The number of benzene rings is 2. The molecular weight excluding hydrogens is 610 g/mol. The fourth-order valence-electron chi connectivity index (χ4n) is 6.37. The molecule has 2 aromatic carbocycles. The lowest BCUT2D eigenvalue weighted by molar-refractivity contribution is -0.286. The first-order valence-corrected chi connectivity index (χ1v) is 16.1. The average molecular weight is 645 g/mol. The summed E-state index contributed by atoms with van der Waals surface area (Å²) in [6.07, 6.45) is -2.61. The van der Waals surface area contributed by atoms with Crippen molar-refractivity contribution in [3.05, 3.63) is 64.7 Å². The summed E-state index contributed by atoms with van der Waals surface area (Å²) in [4.78, 5) is 32.5. The molecule has 2 fully saturated rings. The number of amidine groups is 1. The molecule has 6 rings (SSSR count). The number of sulfonamides is 1. The van der Waals surface area contributed by atoms with E-state index in [4.69, 9.17) is 0 Å². The molecule has 2 aromatic rings. The SMILES string of the molecule is C=C(c1c(C)cc(C(=O)N2CCC(C)(O)CC2)cc1C)S(=O)(=O)N1CCC2(CC1)N=C(c1ccc3c(c1)OC(F)(F)O3)NC2=O. The summed E-state index contributed by atoms with van der Waals surface area (Å²) in [6, 6.07) is 7.42. The normalized spacial score (nSPS) is 21.9. The number of amides is 2. The monoisotopic (exact) mass is 644 g/mol. The van der Waals surface area contributed by atoms with Crippen LogP contribution < -0.4 is 14.8 Å². The van der Waals surface area contributed by atoms with Gasteiger partial charge >= 0.3 is 6.29 Å². The van der Waals surface area contributed by atoms with Gasteiger partial charge in [0.05, 0.1) is 10.5 Å². The van der Waals surface area contributed by atoms with Gasteiger partial charge in [0.1, 0.15) is 11.4 Å². The van der Waals surface area contributed by atoms with Gasteiger partial charge in [-0.2, -0.15) is 4.31 Å². The van der Waals surface area contributed by atoms with Gasteiger partial charge in [-0.15, -0.1) is 8.78 Å². The van der Waals surface area contributed by atoms with Gasteiger partial charge in [-0.05, 0) is 93.5 Å². The second-order valence-electron chi connectivity index (χ2n) is 12.4. The highest BCUT2D eigenvalue weighted by atomic mass is 32.2. The van der Waals surface area contributed by atoms with Crippen LogP contribution in [-0.2, 0) is 14.8 Å². The minimum absolute atomic E-state index is 0.00627. The molecule has 0 aliphatic carbocycles. The third kappa shape index (κ3) is 5.59. The van der Waals surface area contributed by atoms with Crippen LogP contribution in [-0.4, -0.2) is 84.0 Å². The van der Waals surface area contributed by atoms with Crippen LogP contribution in [0.2, 0.25) is 0 Å².